The molecular formula is C14H26N2S. The Labute approximate surface area is 110 Å². The van der Waals surface area contributed by atoms with Crippen molar-refractivity contribution in [2.45, 2.75) is 40.2 Å². The van der Waals surface area contributed by atoms with Crippen LogP contribution in [0.2, 0.25) is 0 Å². The summed E-state index contributed by atoms with van der Waals surface area (Å²) in [5.74, 6) is 0. The van der Waals surface area contributed by atoms with Crippen molar-refractivity contribution >= 4 is 11.3 Å². The van der Waals surface area contributed by atoms with Gasteiger partial charge in [-0.1, -0.05) is 20.8 Å². The number of hydrogen-bond donors (Lipinski definition) is 1. The smallest absolute Gasteiger partial charge is 0.0343 e. The van der Waals surface area contributed by atoms with Crippen LogP contribution >= 0.6 is 11.3 Å². The molecule has 0 saturated heterocycles. The van der Waals surface area contributed by atoms with Gasteiger partial charge in [0.25, 0.3) is 0 Å². The molecule has 3 heteroatoms. The highest BCUT2D eigenvalue weighted by atomic mass is 32.1. The molecule has 1 atom stereocenters. The van der Waals surface area contributed by atoms with E-state index in [-0.39, 0.29) is 0 Å². The second-order valence-electron chi connectivity index (χ2n) is 4.36. The summed E-state index contributed by atoms with van der Waals surface area (Å²) in [5.41, 5.74) is 1.49. The minimum Gasteiger partial charge on any atom is -0.310 e. The quantitative estimate of drug-likeness (QED) is 0.764. The van der Waals surface area contributed by atoms with E-state index in [2.05, 4.69) is 49.4 Å². The van der Waals surface area contributed by atoms with Crippen molar-refractivity contribution in [2.75, 3.05) is 26.2 Å². The fourth-order valence-corrected chi connectivity index (χ4v) is 2.99. The second kappa shape index (κ2) is 7.85. The van der Waals surface area contributed by atoms with Crippen LogP contribution in [0.4, 0.5) is 0 Å². The van der Waals surface area contributed by atoms with Crippen LogP contribution in [0.3, 0.4) is 0 Å². The molecule has 0 aliphatic carbocycles. The zero-order valence-electron chi connectivity index (χ0n) is 11.6. The molecule has 0 aliphatic rings. The van der Waals surface area contributed by atoms with Gasteiger partial charge in [-0.05, 0) is 56.5 Å². The van der Waals surface area contributed by atoms with Gasteiger partial charge in [-0.3, -0.25) is 0 Å². The zero-order valence-corrected chi connectivity index (χ0v) is 12.4. The summed E-state index contributed by atoms with van der Waals surface area (Å²) in [5, 5.41) is 5.81. The Morgan fingerprint density at radius 1 is 1.29 bits per heavy atom. The number of rotatable bonds is 8. The highest BCUT2D eigenvalue weighted by Gasteiger charge is 2.14. The van der Waals surface area contributed by atoms with E-state index >= 15 is 0 Å². The number of nitrogens with zero attached hydrogens (tertiary/aromatic N) is 1. The summed E-state index contributed by atoms with van der Waals surface area (Å²) in [4.78, 5) is 3.95. The summed E-state index contributed by atoms with van der Waals surface area (Å²) < 4.78 is 0. The van der Waals surface area contributed by atoms with Crippen molar-refractivity contribution in [2.24, 2.45) is 0 Å². The molecular weight excluding hydrogens is 228 g/mol. The average Bonchev–Trinajstić information content (AvgIpc) is 2.75. The Kier molecular flexibility index (Phi) is 6.78. The normalized spacial score (nSPS) is 13.2. The first-order valence-corrected chi connectivity index (χ1v) is 7.60. The van der Waals surface area contributed by atoms with E-state index in [4.69, 9.17) is 0 Å². The molecule has 17 heavy (non-hydrogen) atoms. The van der Waals surface area contributed by atoms with Crippen LogP contribution < -0.4 is 5.32 Å². The number of thiophene rings is 1. The zero-order chi connectivity index (χ0) is 12.7. The average molecular weight is 254 g/mol. The topological polar surface area (TPSA) is 15.3 Å². The lowest BCUT2D eigenvalue weighted by molar-refractivity contribution is 0.282. The fourth-order valence-electron chi connectivity index (χ4n) is 2.22. The highest BCUT2D eigenvalue weighted by Crippen LogP contribution is 2.25. The molecule has 2 nitrogen and oxygen atoms in total. The van der Waals surface area contributed by atoms with Crippen LogP contribution in [-0.2, 0) is 0 Å². The van der Waals surface area contributed by atoms with Gasteiger partial charge in [0.2, 0.25) is 0 Å². The molecule has 0 spiro atoms. The summed E-state index contributed by atoms with van der Waals surface area (Å²) in [7, 11) is 0. The Morgan fingerprint density at radius 3 is 2.47 bits per heavy atom. The molecule has 1 N–H and O–H groups in total. The molecule has 1 rings (SSSR count). The van der Waals surface area contributed by atoms with Crippen molar-refractivity contribution in [3.63, 3.8) is 0 Å². The monoisotopic (exact) mass is 254 g/mol. The molecule has 0 radical (unpaired) electrons. The van der Waals surface area contributed by atoms with Crippen molar-refractivity contribution < 1.29 is 0 Å². The van der Waals surface area contributed by atoms with Crippen molar-refractivity contribution in [3.05, 3.63) is 21.9 Å². The van der Waals surface area contributed by atoms with E-state index in [1.54, 1.807) is 0 Å². The Morgan fingerprint density at radius 2 is 2.00 bits per heavy atom. The largest absolute Gasteiger partial charge is 0.310 e. The standard InChI is InChI=1S/C14H26N2S/c1-5-15-14(8-10-16(6-2)7-3)13-9-11-17-12(13)4/h9,11,14-15H,5-8,10H2,1-4H3. The molecule has 0 fully saturated rings. The third kappa shape index (κ3) is 4.41. The fraction of sp³-hybridized carbons (Fsp3) is 0.714. The molecule has 0 amide bonds. The van der Waals surface area contributed by atoms with Gasteiger partial charge >= 0.3 is 0 Å². The number of aryl methyl sites for hydroxylation is 1. The van der Waals surface area contributed by atoms with Gasteiger partial charge in [-0.25, -0.2) is 0 Å². The summed E-state index contributed by atoms with van der Waals surface area (Å²) in [6, 6.07) is 2.79. The third-order valence-electron chi connectivity index (χ3n) is 3.35. The Balaban J connectivity index is 2.58. The van der Waals surface area contributed by atoms with E-state index < -0.39 is 0 Å². The number of nitrogens with one attached hydrogen (secondary N) is 1. The lowest BCUT2D eigenvalue weighted by atomic mass is 10.0. The summed E-state index contributed by atoms with van der Waals surface area (Å²) in [6.45, 7) is 13.4. The van der Waals surface area contributed by atoms with Crippen LogP contribution in [-0.4, -0.2) is 31.1 Å². The van der Waals surface area contributed by atoms with Crippen LogP contribution in [0, 0.1) is 6.92 Å². The lowest BCUT2D eigenvalue weighted by Crippen LogP contribution is -2.29. The third-order valence-corrected chi connectivity index (χ3v) is 4.21. The molecule has 0 bridgehead atoms. The van der Waals surface area contributed by atoms with Gasteiger partial charge in [0.1, 0.15) is 0 Å². The first kappa shape index (κ1) is 14.7. The first-order chi connectivity index (χ1) is 8.22. The molecule has 98 valence electrons. The van der Waals surface area contributed by atoms with E-state index in [1.165, 1.54) is 23.4 Å². The second-order valence-corrected chi connectivity index (χ2v) is 5.48. The predicted octanol–water partition coefficient (Wildman–Crippen LogP) is 3.44. The van der Waals surface area contributed by atoms with Crippen molar-refractivity contribution in [3.8, 4) is 0 Å². The first-order valence-electron chi connectivity index (χ1n) is 6.72. The lowest BCUT2D eigenvalue weighted by Gasteiger charge is -2.23. The number of hydrogen-bond acceptors (Lipinski definition) is 3. The van der Waals surface area contributed by atoms with E-state index in [1.807, 2.05) is 11.3 Å². The van der Waals surface area contributed by atoms with Gasteiger partial charge in [-0.2, -0.15) is 0 Å². The van der Waals surface area contributed by atoms with E-state index in [9.17, 15) is 0 Å². The minimum absolute atomic E-state index is 0.520. The van der Waals surface area contributed by atoms with Crippen molar-refractivity contribution in [1.82, 2.24) is 10.2 Å². The van der Waals surface area contributed by atoms with Gasteiger partial charge in [-0.15, -0.1) is 11.3 Å². The maximum atomic E-state index is 3.61. The SMILES string of the molecule is CCNC(CCN(CC)CC)c1ccsc1C. The molecule has 1 unspecified atom stereocenters. The maximum Gasteiger partial charge on any atom is 0.0343 e. The molecule has 0 aromatic carbocycles. The Bertz CT molecular complexity index is 305. The van der Waals surface area contributed by atoms with Crippen LogP contribution in [0.15, 0.2) is 11.4 Å². The van der Waals surface area contributed by atoms with Gasteiger partial charge < -0.3 is 10.2 Å². The summed E-state index contributed by atoms with van der Waals surface area (Å²) in [6.07, 6.45) is 1.20. The molecule has 0 saturated carbocycles. The molecule has 1 aromatic heterocycles. The van der Waals surface area contributed by atoms with Crippen LogP contribution in [0.5, 0.6) is 0 Å². The highest BCUT2D eigenvalue weighted by molar-refractivity contribution is 7.10. The predicted molar refractivity (Wildman–Crippen MR) is 77.9 cm³/mol. The molecule has 1 heterocycles. The van der Waals surface area contributed by atoms with E-state index in [0.717, 1.165) is 19.6 Å². The van der Waals surface area contributed by atoms with Crippen LogP contribution in [0.25, 0.3) is 0 Å². The van der Waals surface area contributed by atoms with E-state index in [0.29, 0.717) is 6.04 Å². The van der Waals surface area contributed by atoms with Gasteiger partial charge in [0, 0.05) is 10.9 Å². The summed E-state index contributed by atoms with van der Waals surface area (Å²) >= 11 is 1.85. The van der Waals surface area contributed by atoms with Crippen molar-refractivity contribution in [1.29, 1.82) is 0 Å². The van der Waals surface area contributed by atoms with Crippen LogP contribution in [0.1, 0.15) is 43.7 Å². The van der Waals surface area contributed by atoms with Gasteiger partial charge in [0.15, 0.2) is 0 Å². The molecule has 0 aliphatic heterocycles. The Hall–Kier alpha value is -0.380. The maximum absolute atomic E-state index is 3.61. The minimum atomic E-state index is 0.520. The molecule has 1 aromatic rings. The van der Waals surface area contributed by atoms with Gasteiger partial charge in [0.05, 0.1) is 0 Å².